The Morgan fingerprint density at radius 1 is 0.543 bits per heavy atom. The van der Waals surface area contributed by atoms with E-state index >= 15 is 0 Å². The molecular formula is C74H118N6O12. The molecule has 0 bridgehead atoms. The molecule has 0 aromatic rings. The average molecular weight is 1280 g/mol. The summed E-state index contributed by atoms with van der Waals surface area (Å²) in [5.41, 5.74) is 22.4. The van der Waals surface area contributed by atoms with Crippen molar-refractivity contribution in [2.24, 2.45) is 172 Å². The standard InChI is InChI=1S/C25H39N3O5.C25H36O5.C24H43N3O2/c1-14(5-8-22(29)33-4)17-6-7-18-23-19(13-21(28-32)25(17,18)3)24(2)10-9-16(26-30)11-15(24)12-20(23)27-31;1-14(5-8-22(29)30-4)17-6-7-18-23-19(13-21(28)25(17,18)3)24(2)10-9-16(26)11-15(24)12-20(23)27;1-13(4-7-21(28)29)16-5-6-17-22-18(12-20(27)24(16,17)3)23(2)9-8-15(25)10-14(23)11-19(22)26/h14-15,17-19,23,30-32H,5-13H2,1-4H3;14-15,17-19,23H,5-13H2,1-4H3;13-20,22H,4-12,25-27H2,1-3H3,(H,28,29)/b26-16-,27-20?,28-21-;;/t2*14-,15+,17-,18+,19+,23+,24+,25-;13-,14+,15-,16-,17+,18+,19-,20+,22+,23+,24-/m111/s1. The van der Waals surface area contributed by atoms with Crippen molar-refractivity contribution in [2.75, 3.05) is 14.2 Å². The van der Waals surface area contributed by atoms with Gasteiger partial charge in [0.2, 0.25) is 0 Å². The van der Waals surface area contributed by atoms with Crippen molar-refractivity contribution in [1.82, 2.24) is 0 Å². The number of carbonyl (C=O) groups excluding carboxylic acids is 5. The average Bonchev–Trinajstić information content (AvgIpc) is 1.34. The number of fused-ring (bicyclic) bond motifs is 15. The summed E-state index contributed by atoms with van der Waals surface area (Å²) in [5.74, 6) is 5.30. The monoisotopic (exact) mass is 1280 g/mol. The van der Waals surface area contributed by atoms with E-state index < -0.39 is 11.4 Å². The molecule has 10 N–H and O–H groups in total. The third-order valence-electron chi connectivity index (χ3n) is 30.9. The number of Topliss-reactive ketones (excluding diaryl/α,β-unsaturated/α-hetero) is 3. The van der Waals surface area contributed by atoms with E-state index in [0.717, 1.165) is 113 Å². The lowest BCUT2D eigenvalue weighted by molar-refractivity contribution is -0.166. The highest BCUT2D eigenvalue weighted by atomic mass is 16.5. The Morgan fingerprint density at radius 2 is 1.09 bits per heavy atom. The van der Waals surface area contributed by atoms with Gasteiger partial charge in [-0.1, -0.05) is 77.8 Å². The maximum Gasteiger partial charge on any atom is 0.305 e. The molecule has 0 aromatic carbocycles. The summed E-state index contributed by atoms with van der Waals surface area (Å²) >= 11 is 0. The lowest BCUT2D eigenvalue weighted by atomic mass is 9.42. The number of hydrogen-bond acceptors (Lipinski definition) is 17. The molecule has 27 atom stereocenters. The number of carboxylic acid groups (broad SMARTS) is 1. The molecular weight excluding hydrogens is 1160 g/mol. The summed E-state index contributed by atoms with van der Waals surface area (Å²) in [6, 6.07) is 0.783. The molecule has 0 spiro atoms. The smallest absolute Gasteiger partial charge is 0.305 e. The minimum atomic E-state index is -0.687. The van der Waals surface area contributed by atoms with Gasteiger partial charge in [0.25, 0.3) is 0 Å². The van der Waals surface area contributed by atoms with Crippen molar-refractivity contribution in [3.8, 4) is 0 Å². The quantitative estimate of drug-likeness (QED) is 0.0543. The molecule has 92 heavy (non-hydrogen) atoms. The number of ether oxygens (including phenoxy) is 2. The van der Waals surface area contributed by atoms with Crippen LogP contribution in [-0.4, -0.2) is 105 Å². The Labute approximate surface area is 548 Å². The van der Waals surface area contributed by atoms with Crippen LogP contribution in [0, 0.1) is 139 Å². The number of carboxylic acids is 1. The summed E-state index contributed by atoms with van der Waals surface area (Å²) in [7, 11) is 2.83. The predicted molar refractivity (Wildman–Crippen MR) is 351 cm³/mol. The van der Waals surface area contributed by atoms with Crippen LogP contribution in [-0.2, 0) is 38.2 Å². The van der Waals surface area contributed by atoms with Gasteiger partial charge in [-0.2, -0.15) is 0 Å². The number of oxime groups is 3. The van der Waals surface area contributed by atoms with Gasteiger partial charge in [0.05, 0.1) is 31.4 Å². The molecule has 516 valence electrons. The number of esters is 2. The van der Waals surface area contributed by atoms with Crippen molar-refractivity contribution in [3.63, 3.8) is 0 Å². The van der Waals surface area contributed by atoms with Gasteiger partial charge >= 0.3 is 17.9 Å². The first-order valence-electron chi connectivity index (χ1n) is 36.3. The Hall–Kier alpha value is -4.29. The van der Waals surface area contributed by atoms with Crippen LogP contribution in [0.3, 0.4) is 0 Å². The molecule has 12 saturated carbocycles. The molecule has 12 aliphatic carbocycles. The first-order valence-corrected chi connectivity index (χ1v) is 36.3. The Morgan fingerprint density at radius 3 is 1.68 bits per heavy atom. The second kappa shape index (κ2) is 27.0. The molecule has 0 heterocycles. The van der Waals surface area contributed by atoms with Gasteiger partial charge in [-0.15, -0.1) is 0 Å². The minimum absolute atomic E-state index is 0.0128. The summed E-state index contributed by atoms with van der Waals surface area (Å²) in [6.45, 7) is 20.4. The van der Waals surface area contributed by atoms with Gasteiger partial charge in [-0.25, -0.2) is 0 Å². The van der Waals surface area contributed by atoms with Gasteiger partial charge in [0.15, 0.2) is 0 Å². The van der Waals surface area contributed by atoms with Gasteiger partial charge in [-0.3, -0.25) is 28.8 Å². The van der Waals surface area contributed by atoms with Crippen LogP contribution in [0.4, 0.5) is 0 Å². The largest absolute Gasteiger partial charge is 0.481 e. The fourth-order valence-electron chi connectivity index (χ4n) is 25.4. The number of carbonyl (C=O) groups is 6. The first kappa shape index (κ1) is 70.5. The summed E-state index contributed by atoms with van der Waals surface area (Å²) in [4.78, 5) is 73.6. The zero-order chi connectivity index (χ0) is 66.9. The molecule has 18 heteroatoms. The molecule has 0 amide bonds. The zero-order valence-corrected chi connectivity index (χ0v) is 57.8. The predicted octanol–water partition coefficient (Wildman–Crippen LogP) is 12.5. The van der Waals surface area contributed by atoms with Crippen molar-refractivity contribution in [1.29, 1.82) is 0 Å². The zero-order valence-electron chi connectivity index (χ0n) is 57.8. The van der Waals surface area contributed by atoms with Crippen LogP contribution in [0.15, 0.2) is 15.5 Å². The number of rotatable bonds is 12. The maximum absolute atomic E-state index is 13.7. The Balaban J connectivity index is 0.000000152. The fraction of sp³-hybridized carbons (Fsp3) is 0.878. The second-order valence-electron chi connectivity index (χ2n) is 34.2. The summed E-state index contributed by atoms with van der Waals surface area (Å²) < 4.78 is 9.64. The van der Waals surface area contributed by atoms with Crippen molar-refractivity contribution < 1.29 is 59.0 Å². The second-order valence-corrected chi connectivity index (χ2v) is 34.2. The third kappa shape index (κ3) is 11.9. The van der Waals surface area contributed by atoms with E-state index in [4.69, 9.17) is 31.8 Å². The maximum atomic E-state index is 13.7. The van der Waals surface area contributed by atoms with E-state index in [9.17, 15) is 44.4 Å². The summed E-state index contributed by atoms with van der Waals surface area (Å²) in [6.07, 6.45) is 21.9. The fourth-order valence-corrected chi connectivity index (χ4v) is 25.4. The molecule has 12 fully saturated rings. The number of nitrogens with two attached hydrogens (primary N) is 3. The van der Waals surface area contributed by atoms with Crippen LogP contribution in [0.1, 0.15) is 236 Å². The van der Waals surface area contributed by atoms with Crippen LogP contribution < -0.4 is 17.2 Å². The highest BCUT2D eigenvalue weighted by Crippen LogP contribution is 2.71. The van der Waals surface area contributed by atoms with Crippen molar-refractivity contribution in [2.45, 2.75) is 254 Å². The van der Waals surface area contributed by atoms with E-state index in [1.165, 1.54) is 33.5 Å². The highest BCUT2D eigenvalue weighted by molar-refractivity contribution is 5.98. The number of aliphatic carboxylic acids is 1. The lowest BCUT2D eigenvalue weighted by Crippen LogP contribution is -2.65. The third-order valence-corrected chi connectivity index (χ3v) is 30.9. The van der Waals surface area contributed by atoms with Gasteiger partial charge in [0, 0.05) is 85.7 Å². The van der Waals surface area contributed by atoms with Gasteiger partial charge in [0.1, 0.15) is 17.3 Å². The SMILES string of the molecule is COC(=O)CC[C@@H](C)[C@H]1CC[C@H]2[C@@H]3C(=NO)C[C@@H]4C/C(=N\O)CC[C@]4(C)[C@H]3C/C(=N/O)[C@]12C.COC(=O)CC[C@@H](C)[C@H]1CC[C@H]2[C@@H]3C(=O)C[C@@H]4CC(=O)CC[C@]4(C)[C@H]3CC(=O)[C@]12C.C[C@H](CCC(=O)O)[C@H]1CC[C@H]2[C@@H]3[C@H](N)C[C@@H]4C[C@H](N)CC[C@]4(C)[C@H]3C[C@H](N)[C@]12C. The van der Waals surface area contributed by atoms with Gasteiger partial charge in [-0.05, 0) is 245 Å². The molecule has 0 unspecified atom stereocenters. The normalized spacial score (nSPS) is 47.2. The Bertz CT molecular complexity index is 2880. The van der Waals surface area contributed by atoms with E-state index in [2.05, 4.69) is 77.8 Å². The van der Waals surface area contributed by atoms with E-state index in [-0.39, 0.29) is 123 Å². The summed E-state index contributed by atoms with van der Waals surface area (Å²) in [5, 5.41) is 50.1. The first-order chi connectivity index (χ1) is 43.4. The van der Waals surface area contributed by atoms with Crippen LogP contribution in [0.5, 0.6) is 0 Å². The molecule has 12 rings (SSSR count). The number of ketones is 3. The molecule has 18 nitrogen and oxygen atoms in total. The number of nitrogens with zero attached hydrogens (tertiary/aromatic N) is 3. The molecule has 12 aliphatic rings. The van der Waals surface area contributed by atoms with Gasteiger partial charge < -0.3 is 47.4 Å². The van der Waals surface area contributed by atoms with Crippen LogP contribution in [0.2, 0.25) is 0 Å². The van der Waals surface area contributed by atoms with Crippen LogP contribution in [0.25, 0.3) is 0 Å². The molecule has 0 aliphatic heterocycles. The topological polar surface area (TPSA) is 317 Å². The number of hydrogen-bond donors (Lipinski definition) is 7. The lowest BCUT2D eigenvalue weighted by Gasteiger charge is -2.64. The van der Waals surface area contributed by atoms with E-state index in [1.807, 2.05) is 0 Å². The molecule has 0 aromatic heterocycles. The number of methoxy groups -OCH3 is 2. The van der Waals surface area contributed by atoms with E-state index in [1.54, 1.807) is 0 Å². The van der Waals surface area contributed by atoms with Crippen molar-refractivity contribution in [3.05, 3.63) is 0 Å². The highest BCUT2D eigenvalue weighted by Gasteiger charge is 2.69. The van der Waals surface area contributed by atoms with Crippen LogP contribution >= 0.6 is 0 Å². The molecule has 0 radical (unpaired) electrons. The molecule has 0 saturated heterocycles. The van der Waals surface area contributed by atoms with E-state index in [0.29, 0.717) is 116 Å². The minimum Gasteiger partial charge on any atom is -0.481 e. The Kier molecular flexibility index (Phi) is 20.7. The van der Waals surface area contributed by atoms with Crippen molar-refractivity contribution >= 4 is 52.4 Å².